The summed E-state index contributed by atoms with van der Waals surface area (Å²) in [6.07, 6.45) is 1.87. The van der Waals surface area contributed by atoms with E-state index in [9.17, 15) is 9.59 Å². The number of carbonyl (C=O) groups is 2. The molecule has 3 rings (SSSR count). The quantitative estimate of drug-likeness (QED) is 0.894. The number of nitrogens with zero attached hydrogens (tertiary/aromatic N) is 1. The highest BCUT2D eigenvalue weighted by molar-refractivity contribution is 6.06. The van der Waals surface area contributed by atoms with E-state index in [0.717, 1.165) is 11.3 Å². The Hall–Kier alpha value is -3.21. The SMILES string of the molecule is CC1=CC(C)=NC(=O)C1CNC(=O)c1ccc(Oc2ccccc2)cc1. The first-order chi connectivity index (χ1) is 12.5. The van der Waals surface area contributed by atoms with Crippen molar-refractivity contribution in [2.24, 2.45) is 10.9 Å². The molecule has 26 heavy (non-hydrogen) atoms. The van der Waals surface area contributed by atoms with Gasteiger partial charge in [-0.3, -0.25) is 9.59 Å². The van der Waals surface area contributed by atoms with Gasteiger partial charge in [0.15, 0.2) is 0 Å². The first kappa shape index (κ1) is 17.6. The summed E-state index contributed by atoms with van der Waals surface area (Å²) in [5, 5.41) is 2.80. The summed E-state index contributed by atoms with van der Waals surface area (Å²) in [5.74, 6) is 0.540. The Morgan fingerprint density at radius 1 is 1.04 bits per heavy atom. The number of hydrogen-bond acceptors (Lipinski definition) is 3. The predicted octanol–water partition coefficient (Wildman–Crippen LogP) is 3.77. The highest BCUT2D eigenvalue weighted by atomic mass is 16.5. The number of allylic oxidation sites excluding steroid dienone is 1. The maximum absolute atomic E-state index is 12.3. The van der Waals surface area contributed by atoms with Gasteiger partial charge in [0.05, 0.1) is 5.92 Å². The first-order valence-corrected chi connectivity index (χ1v) is 8.41. The van der Waals surface area contributed by atoms with Crippen LogP contribution in [0.25, 0.3) is 0 Å². The van der Waals surface area contributed by atoms with Crippen molar-refractivity contribution in [1.29, 1.82) is 0 Å². The molecule has 0 aromatic heterocycles. The molecule has 0 fully saturated rings. The molecule has 132 valence electrons. The van der Waals surface area contributed by atoms with E-state index in [1.807, 2.05) is 43.3 Å². The molecule has 2 aromatic carbocycles. The predicted molar refractivity (Wildman–Crippen MR) is 101 cm³/mol. The molecule has 1 aliphatic rings. The number of para-hydroxylation sites is 1. The van der Waals surface area contributed by atoms with Crippen LogP contribution >= 0.6 is 0 Å². The van der Waals surface area contributed by atoms with Gasteiger partial charge in [0, 0.05) is 17.8 Å². The molecule has 1 atom stereocenters. The Bertz CT molecular complexity index is 868. The summed E-state index contributed by atoms with van der Waals surface area (Å²) in [5.41, 5.74) is 2.12. The molecule has 0 bridgehead atoms. The molecule has 0 saturated heterocycles. The molecule has 5 heteroatoms. The third-order valence-electron chi connectivity index (χ3n) is 4.13. The molecule has 1 aliphatic heterocycles. The molecule has 1 unspecified atom stereocenters. The molecule has 2 aromatic rings. The Kier molecular flexibility index (Phi) is 5.27. The molecule has 1 N–H and O–H groups in total. The second-order valence-corrected chi connectivity index (χ2v) is 6.18. The minimum absolute atomic E-state index is 0.214. The van der Waals surface area contributed by atoms with Crippen LogP contribution in [-0.4, -0.2) is 24.1 Å². The van der Waals surface area contributed by atoms with Crippen molar-refractivity contribution in [2.45, 2.75) is 13.8 Å². The fraction of sp³-hybridized carbons (Fsp3) is 0.190. The van der Waals surface area contributed by atoms with Gasteiger partial charge in [-0.2, -0.15) is 0 Å². The molecule has 0 saturated carbocycles. The number of carbonyl (C=O) groups excluding carboxylic acids is 2. The second kappa shape index (κ2) is 7.78. The number of dihydropyridines is 1. The number of hydrogen-bond donors (Lipinski definition) is 1. The molecule has 0 spiro atoms. The lowest BCUT2D eigenvalue weighted by atomic mass is 9.96. The molecule has 0 radical (unpaired) electrons. The highest BCUT2D eigenvalue weighted by Crippen LogP contribution is 2.21. The number of nitrogens with one attached hydrogen (secondary N) is 1. The van der Waals surface area contributed by atoms with Crippen molar-refractivity contribution in [3.05, 3.63) is 71.8 Å². The number of ether oxygens (including phenoxy) is 1. The van der Waals surface area contributed by atoms with E-state index in [1.54, 1.807) is 31.2 Å². The smallest absolute Gasteiger partial charge is 0.254 e. The van der Waals surface area contributed by atoms with E-state index in [0.29, 0.717) is 17.0 Å². The zero-order chi connectivity index (χ0) is 18.5. The normalized spacial score (nSPS) is 16.5. The van der Waals surface area contributed by atoms with Gasteiger partial charge in [-0.05, 0) is 56.3 Å². The second-order valence-electron chi connectivity index (χ2n) is 6.18. The number of rotatable bonds is 5. The third kappa shape index (κ3) is 4.25. The molecular formula is C21H20N2O3. The zero-order valence-corrected chi connectivity index (χ0v) is 14.7. The molecule has 0 aliphatic carbocycles. The lowest BCUT2D eigenvalue weighted by Gasteiger charge is -2.18. The Morgan fingerprint density at radius 3 is 2.35 bits per heavy atom. The molecular weight excluding hydrogens is 328 g/mol. The van der Waals surface area contributed by atoms with Crippen molar-refractivity contribution < 1.29 is 14.3 Å². The van der Waals surface area contributed by atoms with Crippen LogP contribution < -0.4 is 10.1 Å². The Labute approximate surface area is 152 Å². The van der Waals surface area contributed by atoms with Crippen LogP contribution in [0.3, 0.4) is 0 Å². The minimum Gasteiger partial charge on any atom is -0.457 e. The number of amides is 2. The molecule has 5 nitrogen and oxygen atoms in total. The Morgan fingerprint density at radius 2 is 1.69 bits per heavy atom. The van der Waals surface area contributed by atoms with Crippen LogP contribution in [0.2, 0.25) is 0 Å². The maximum atomic E-state index is 12.3. The van der Waals surface area contributed by atoms with Crippen LogP contribution in [0, 0.1) is 5.92 Å². The average molecular weight is 348 g/mol. The van der Waals surface area contributed by atoms with Crippen molar-refractivity contribution >= 4 is 17.5 Å². The van der Waals surface area contributed by atoms with Crippen LogP contribution in [0.4, 0.5) is 0 Å². The van der Waals surface area contributed by atoms with Crippen molar-refractivity contribution in [3.63, 3.8) is 0 Å². The van der Waals surface area contributed by atoms with Crippen molar-refractivity contribution in [3.8, 4) is 11.5 Å². The summed E-state index contributed by atoms with van der Waals surface area (Å²) in [6, 6.07) is 16.3. The average Bonchev–Trinajstić information content (AvgIpc) is 2.62. The van der Waals surface area contributed by atoms with E-state index < -0.39 is 5.92 Å². The van der Waals surface area contributed by atoms with E-state index >= 15 is 0 Å². The van der Waals surface area contributed by atoms with Gasteiger partial charge in [0.1, 0.15) is 11.5 Å². The first-order valence-electron chi connectivity index (χ1n) is 8.41. The van der Waals surface area contributed by atoms with Crippen LogP contribution in [0.15, 0.2) is 71.2 Å². The largest absolute Gasteiger partial charge is 0.457 e. The number of aliphatic imine (C=N–C) groups is 1. The topological polar surface area (TPSA) is 67.8 Å². The summed E-state index contributed by atoms with van der Waals surface area (Å²) < 4.78 is 5.71. The van der Waals surface area contributed by atoms with E-state index in [4.69, 9.17) is 4.74 Å². The zero-order valence-electron chi connectivity index (χ0n) is 14.7. The Balaban J connectivity index is 1.58. The summed E-state index contributed by atoms with van der Waals surface area (Å²) in [7, 11) is 0. The minimum atomic E-state index is -0.400. The fourth-order valence-electron chi connectivity index (χ4n) is 2.75. The lowest BCUT2D eigenvalue weighted by molar-refractivity contribution is -0.120. The van der Waals surface area contributed by atoms with Gasteiger partial charge in [-0.15, -0.1) is 0 Å². The lowest BCUT2D eigenvalue weighted by Crippen LogP contribution is -2.34. The monoisotopic (exact) mass is 348 g/mol. The van der Waals surface area contributed by atoms with E-state index in [-0.39, 0.29) is 18.4 Å². The fourth-order valence-corrected chi connectivity index (χ4v) is 2.75. The third-order valence-corrected chi connectivity index (χ3v) is 4.13. The van der Waals surface area contributed by atoms with Crippen molar-refractivity contribution in [1.82, 2.24) is 5.32 Å². The van der Waals surface area contributed by atoms with Crippen molar-refractivity contribution in [2.75, 3.05) is 6.54 Å². The highest BCUT2D eigenvalue weighted by Gasteiger charge is 2.24. The van der Waals surface area contributed by atoms with E-state index in [1.165, 1.54) is 0 Å². The van der Waals surface area contributed by atoms with Crippen LogP contribution in [0.5, 0.6) is 11.5 Å². The maximum Gasteiger partial charge on any atom is 0.254 e. The van der Waals surface area contributed by atoms with Gasteiger partial charge in [-0.1, -0.05) is 23.8 Å². The van der Waals surface area contributed by atoms with Crippen LogP contribution in [0.1, 0.15) is 24.2 Å². The van der Waals surface area contributed by atoms with Gasteiger partial charge in [0.2, 0.25) is 0 Å². The van der Waals surface area contributed by atoms with Gasteiger partial charge < -0.3 is 10.1 Å². The van der Waals surface area contributed by atoms with Gasteiger partial charge in [0.25, 0.3) is 11.8 Å². The van der Waals surface area contributed by atoms with Crippen LogP contribution in [-0.2, 0) is 4.79 Å². The summed E-state index contributed by atoms with van der Waals surface area (Å²) >= 11 is 0. The number of benzene rings is 2. The molecule has 2 amide bonds. The molecule has 1 heterocycles. The van der Waals surface area contributed by atoms with Gasteiger partial charge in [-0.25, -0.2) is 4.99 Å². The standard InChI is InChI=1S/C21H20N2O3/c1-14-12-15(2)23-21(25)19(14)13-22-20(24)16-8-10-18(11-9-16)26-17-6-4-3-5-7-17/h3-12,19H,13H2,1-2H3,(H,22,24). The van der Waals surface area contributed by atoms with Gasteiger partial charge >= 0.3 is 0 Å². The summed E-state index contributed by atoms with van der Waals surface area (Å²) in [4.78, 5) is 28.3. The summed E-state index contributed by atoms with van der Waals surface area (Å²) in [6.45, 7) is 3.90. The van der Waals surface area contributed by atoms with E-state index in [2.05, 4.69) is 10.3 Å².